The molecule has 0 aromatic heterocycles. The van der Waals surface area contributed by atoms with E-state index in [4.69, 9.17) is 10.6 Å². The van der Waals surface area contributed by atoms with Gasteiger partial charge >= 0.3 is 0 Å². The van der Waals surface area contributed by atoms with Crippen molar-refractivity contribution in [3.63, 3.8) is 0 Å². The van der Waals surface area contributed by atoms with Gasteiger partial charge in [0.1, 0.15) is 0 Å². The first-order valence-electron chi connectivity index (χ1n) is 5.81. The number of hydrogen-bond acceptors (Lipinski definition) is 3. The molecule has 1 aromatic rings. The summed E-state index contributed by atoms with van der Waals surface area (Å²) in [6.07, 6.45) is 4.14. The third-order valence-electron chi connectivity index (χ3n) is 3.63. The van der Waals surface area contributed by atoms with Gasteiger partial charge in [-0.05, 0) is 37.8 Å². The average molecular weight is 216 g/mol. The highest BCUT2D eigenvalue weighted by Gasteiger charge is 2.43. The molecule has 3 rings (SSSR count). The van der Waals surface area contributed by atoms with Crippen molar-refractivity contribution in [2.75, 3.05) is 5.73 Å². The van der Waals surface area contributed by atoms with Crippen LogP contribution in [0.25, 0.3) is 0 Å². The Kier molecular flexibility index (Phi) is 1.96. The summed E-state index contributed by atoms with van der Waals surface area (Å²) in [7, 11) is 0. The van der Waals surface area contributed by atoms with Crippen LogP contribution in [0, 0.1) is 0 Å². The number of fused-ring (bicyclic) bond motifs is 2. The maximum atomic E-state index is 6.03. The molecule has 0 saturated heterocycles. The van der Waals surface area contributed by atoms with Crippen molar-refractivity contribution in [3.8, 4) is 0 Å². The van der Waals surface area contributed by atoms with Crippen molar-refractivity contribution in [1.29, 1.82) is 0 Å². The minimum atomic E-state index is -0.215. The smallest absolute Gasteiger partial charge is 0.168 e. The van der Waals surface area contributed by atoms with E-state index in [9.17, 15) is 0 Å². The standard InChI is InChI=1S/C13H16N2O/c1-9-8-13(16-15-9)7-3-4-10-11(13)5-2-6-12(10)14/h2,5-6H,3-4,7-8,14H2,1H3/t13-/m1/s1. The summed E-state index contributed by atoms with van der Waals surface area (Å²) in [6, 6.07) is 6.12. The molecule has 2 aliphatic rings. The molecule has 0 amide bonds. The monoisotopic (exact) mass is 216 g/mol. The first-order chi connectivity index (χ1) is 7.71. The van der Waals surface area contributed by atoms with E-state index in [2.05, 4.69) is 11.2 Å². The Morgan fingerprint density at radius 2 is 2.31 bits per heavy atom. The molecule has 1 aliphatic carbocycles. The second-order valence-electron chi connectivity index (χ2n) is 4.82. The molecule has 16 heavy (non-hydrogen) atoms. The molecular formula is C13H16N2O. The van der Waals surface area contributed by atoms with Crippen molar-refractivity contribution < 1.29 is 4.84 Å². The lowest BCUT2D eigenvalue weighted by Crippen LogP contribution is -2.31. The number of rotatable bonds is 0. The molecule has 1 aromatic carbocycles. The largest absolute Gasteiger partial charge is 0.398 e. The Morgan fingerprint density at radius 3 is 3.06 bits per heavy atom. The van der Waals surface area contributed by atoms with E-state index < -0.39 is 0 Å². The maximum Gasteiger partial charge on any atom is 0.168 e. The van der Waals surface area contributed by atoms with Crippen LogP contribution in [0.4, 0.5) is 5.69 Å². The fourth-order valence-electron chi connectivity index (χ4n) is 2.92. The van der Waals surface area contributed by atoms with Crippen LogP contribution in [0.1, 0.15) is 37.3 Å². The van der Waals surface area contributed by atoms with Gasteiger partial charge in [0.05, 0.1) is 5.71 Å². The summed E-state index contributed by atoms with van der Waals surface area (Å²) in [6.45, 7) is 2.02. The number of hydrogen-bond donors (Lipinski definition) is 1. The van der Waals surface area contributed by atoms with Crippen molar-refractivity contribution in [3.05, 3.63) is 29.3 Å². The van der Waals surface area contributed by atoms with Crippen molar-refractivity contribution in [2.45, 2.75) is 38.2 Å². The fraction of sp³-hybridized carbons (Fsp3) is 0.462. The van der Waals surface area contributed by atoms with Crippen molar-refractivity contribution >= 4 is 11.4 Å². The Balaban J connectivity index is 2.11. The van der Waals surface area contributed by atoms with Crippen LogP contribution in [-0.2, 0) is 16.9 Å². The van der Waals surface area contributed by atoms with Gasteiger partial charge in [-0.2, -0.15) is 0 Å². The Morgan fingerprint density at radius 1 is 1.44 bits per heavy atom. The number of nitrogens with zero attached hydrogens (tertiary/aromatic N) is 1. The molecule has 0 unspecified atom stereocenters. The van der Waals surface area contributed by atoms with Crippen LogP contribution in [-0.4, -0.2) is 5.71 Å². The van der Waals surface area contributed by atoms with Crippen LogP contribution >= 0.6 is 0 Å². The van der Waals surface area contributed by atoms with E-state index in [1.54, 1.807) is 0 Å². The van der Waals surface area contributed by atoms with Crippen LogP contribution in [0.2, 0.25) is 0 Å². The van der Waals surface area contributed by atoms with E-state index >= 15 is 0 Å². The summed E-state index contributed by atoms with van der Waals surface area (Å²) in [5.74, 6) is 0. The molecule has 1 aliphatic heterocycles. The number of oxime groups is 1. The van der Waals surface area contributed by atoms with Gasteiger partial charge in [0, 0.05) is 17.7 Å². The molecule has 0 saturated carbocycles. The molecule has 0 bridgehead atoms. The van der Waals surface area contributed by atoms with E-state index in [1.807, 2.05) is 19.1 Å². The zero-order chi connectivity index (χ0) is 11.2. The highest BCUT2D eigenvalue weighted by Crippen LogP contribution is 2.45. The molecule has 1 spiro atoms. The first-order valence-corrected chi connectivity index (χ1v) is 5.81. The molecule has 0 fully saturated rings. The normalized spacial score (nSPS) is 27.4. The van der Waals surface area contributed by atoms with Gasteiger partial charge in [-0.1, -0.05) is 17.3 Å². The number of benzene rings is 1. The SMILES string of the molecule is CC1=NO[C@]2(CCCc3c(N)cccc32)C1. The summed E-state index contributed by atoms with van der Waals surface area (Å²) >= 11 is 0. The fourth-order valence-corrected chi connectivity index (χ4v) is 2.92. The Bertz CT molecular complexity index is 467. The molecule has 3 nitrogen and oxygen atoms in total. The van der Waals surface area contributed by atoms with Crippen LogP contribution in [0.3, 0.4) is 0 Å². The van der Waals surface area contributed by atoms with Gasteiger partial charge in [-0.15, -0.1) is 0 Å². The van der Waals surface area contributed by atoms with Gasteiger partial charge in [0.25, 0.3) is 0 Å². The number of nitrogen functional groups attached to an aromatic ring is 1. The molecule has 0 radical (unpaired) electrons. The van der Waals surface area contributed by atoms with Gasteiger partial charge in [0.15, 0.2) is 5.60 Å². The summed E-state index contributed by atoms with van der Waals surface area (Å²) in [4.78, 5) is 5.71. The third-order valence-corrected chi connectivity index (χ3v) is 3.63. The number of anilines is 1. The zero-order valence-electron chi connectivity index (χ0n) is 9.49. The summed E-state index contributed by atoms with van der Waals surface area (Å²) in [5, 5.41) is 4.12. The predicted octanol–water partition coefficient (Wildman–Crippen LogP) is 2.60. The van der Waals surface area contributed by atoms with Crippen molar-refractivity contribution in [2.24, 2.45) is 5.16 Å². The lowest BCUT2D eigenvalue weighted by Gasteiger charge is -2.33. The molecule has 1 heterocycles. The van der Waals surface area contributed by atoms with Gasteiger partial charge in [-0.25, -0.2) is 0 Å². The second kappa shape index (κ2) is 3.24. The molecular weight excluding hydrogens is 200 g/mol. The molecule has 84 valence electrons. The summed E-state index contributed by atoms with van der Waals surface area (Å²) < 4.78 is 0. The summed E-state index contributed by atoms with van der Waals surface area (Å²) in [5.41, 5.74) is 10.3. The van der Waals surface area contributed by atoms with E-state index in [0.717, 1.165) is 37.1 Å². The molecule has 2 N–H and O–H groups in total. The molecule has 3 heteroatoms. The van der Waals surface area contributed by atoms with Gasteiger partial charge in [-0.3, -0.25) is 0 Å². The highest BCUT2D eigenvalue weighted by molar-refractivity contribution is 5.84. The maximum absolute atomic E-state index is 6.03. The van der Waals surface area contributed by atoms with Crippen LogP contribution < -0.4 is 5.73 Å². The predicted molar refractivity (Wildman–Crippen MR) is 64.3 cm³/mol. The third kappa shape index (κ3) is 1.24. The quantitative estimate of drug-likeness (QED) is 0.677. The lowest BCUT2D eigenvalue weighted by atomic mass is 9.76. The number of nitrogens with two attached hydrogens (primary N) is 1. The zero-order valence-corrected chi connectivity index (χ0v) is 9.49. The van der Waals surface area contributed by atoms with E-state index in [1.165, 1.54) is 11.1 Å². The van der Waals surface area contributed by atoms with Crippen molar-refractivity contribution in [1.82, 2.24) is 0 Å². The topological polar surface area (TPSA) is 47.6 Å². The first kappa shape index (κ1) is 9.70. The van der Waals surface area contributed by atoms with Gasteiger partial charge < -0.3 is 10.6 Å². The van der Waals surface area contributed by atoms with E-state index in [0.29, 0.717) is 0 Å². The lowest BCUT2D eigenvalue weighted by molar-refractivity contribution is -0.0361. The van der Waals surface area contributed by atoms with E-state index in [-0.39, 0.29) is 5.60 Å². The average Bonchev–Trinajstić information content (AvgIpc) is 2.63. The highest BCUT2D eigenvalue weighted by atomic mass is 16.7. The van der Waals surface area contributed by atoms with Gasteiger partial charge in [0.2, 0.25) is 0 Å². The minimum Gasteiger partial charge on any atom is -0.398 e. The van der Waals surface area contributed by atoms with Crippen LogP contribution in [0.15, 0.2) is 23.4 Å². The second-order valence-corrected chi connectivity index (χ2v) is 4.82. The molecule has 1 atom stereocenters. The minimum absolute atomic E-state index is 0.215. The Labute approximate surface area is 95.3 Å². The van der Waals surface area contributed by atoms with Crippen LogP contribution in [0.5, 0.6) is 0 Å². The Hall–Kier alpha value is -1.51.